The Bertz CT molecular complexity index is 696. The molecule has 1 atom stereocenters. The fourth-order valence-electron chi connectivity index (χ4n) is 3.76. The monoisotopic (exact) mass is 369 g/mol. The van der Waals surface area contributed by atoms with Gasteiger partial charge >= 0.3 is 0 Å². The lowest BCUT2D eigenvalue weighted by Crippen LogP contribution is -2.32. The van der Waals surface area contributed by atoms with Gasteiger partial charge in [-0.25, -0.2) is 0 Å². The predicted molar refractivity (Wildman–Crippen MR) is 113 cm³/mol. The third kappa shape index (κ3) is 5.26. The van der Waals surface area contributed by atoms with Gasteiger partial charge in [-0.05, 0) is 54.9 Å². The zero-order valence-electron chi connectivity index (χ0n) is 16.9. The lowest BCUT2D eigenvalue weighted by Gasteiger charge is -2.27. The van der Waals surface area contributed by atoms with E-state index in [2.05, 4.69) is 36.5 Å². The smallest absolute Gasteiger partial charge is 0.162 e. The summed E-state index contributed by atoms with van der Waals surface area (Å²) in [4.78, 5) is 0. The number of hydrogen-bond donors (Lipinski definition) is 1. The Kier molecular flexibility index (Phi) is 7.17. The predicted octanol–water partition coefficient (Wildman–Crippen LogP) is 6.14. The highest BCUT2D eigenvalue weighted by Gasteiger charge is 2.22. The third-order valence-corrected chi connectivity index (χ3v) is 5.47. The van der Waals surface area contributed by atoms with Crippen LogP contribution >= 0.6 is 0 Å². The summed E-state index contributed by atoms with van der Waals surface area (Å²) in [6.07, 6.45) is 5.31. The van der Waals surface area contributed by atoms with Crippen molar-refractivity contribution in [3.05, 3.63) is 59.7 Å². The van der Waals surface area contributed by atoms with Crippen LogP contribution in [-0.2, 0) is 6.54 Å². The number of benzene rings is 2. The van der Waals surface area contributed by atoms with Crippen molar-refractivity contribution in [3.63, 3.8) is 0 Å². The van der Waals surface area contributed by atoms with Gasteiger partial charge in [-0.2, -0.15) is 0 Å². The van der Waals surface area contributed by atoms with Crippen LogP contribution in [0.1, 0.15) is 65.1 Å². The zero-order valence-corrected chi connectivity index (χ0v) is 16.9. The molecule has 0 saturated heterocycles. The first-order valence-electron chi connectivity index (χ1n) is 10.5. The molecule has 0 unspecified atom stereocenters. The molecule has 3 nitrogen and oxygen atoms in total. The molecule has 2 aromatic rings. The van der Waals surface area contributed by atoms with Gasteiger partial charge in [0.15, 0.2) is 17.6 Å². The Balaban J connectivity index is 0.000000906. The SMILES string of the molecule is CC.CC1CCC(NCc2ccc([C@H]3COc4ccccc4O3)cc2)CC1.[HH]. The van der Waals surface area contributed by atoms with Crippen LogP contribution in [0.5, 0.6) is 11.5 Å². The van der Waals surface area contributed by atoms with Gasteiger partial charge < -0.3 is 14.8 Å². The Morgan fingerprint density at radius 3 is 2.30 bits per heavy atom. The minimum absolute atomic E-state index is 0. The Labute approximate surface area is 165 Å². The van der Waals surface area contributed by atoms with Crippen molar-refractivity contribution in [2.45, 2.75) is 65.1 Å². The van der Waals surface area contributed by atoms with E-state index in [1.165, 1.54) is 36.8 Å². The van der Waals surface area contributed by atoms with Crippen LogP contribution in [0.15, 0.2) is 48.5 Å². The average molecular weight is 370 g/mol. The summed E-state index contributed by atoms with van der Waals surface area (Å²) in [7, 11) is 0. The van der Waals surface area contributed by atoms with Crippen LogP contribution in [0.25, 0.3) is 0 Å². The minimum atomic E-state index is -0.0308. The van der Waals surface area contributed by atoms with Gasteiger partial charge in [0.25, 0.3) is 0 Å². The van der Waals surface area contributed by atoms with E-state index in [9.17, 15) is 0 Å². The summed E-state index contributed by atoms with van der Waals surface area (Å²) in [6, 6.07) is 17.3. The highest BCUT2D eigenvalue weighted by molar-refractivity contribution is 5.41. The first-order valence-corrected chi connectivity index (χ1v) is 10.5. The summed E-state index contributed by atoms with van der Waals surface area (Å²) in [5.41, 5.74) is 2.50. The van der Waals surface area contributed by atoms with E-state index in [1.807, 2.05) is 38.1 Å². The molecular formula is C24H35NO2. The largest absolute Gasteiger partial charge is 0.485 e. The molecule has 0 amide bonds. The molecule has 1 saturated carbocycles. The van der Waals surface area contributed by atoms with Crippen molar-refractivity contribution >= 4 is 0 Å². The molecule has 1 aliphatic heterocycles. The van der Waals surface area contributed by atoms with Crippen LogP contribution in [0, 0.1) is 5.92 Å². The van der Waals surface area contributed by atoms with Crippen molar-refractivity contribution in [2.75, 3.05) is 6.61 Å². The van der Waals surface area contributed by atoms with Crippen LogP contribution in [0.3, 0.4) is 0 Å². The van der Waals surface area contributed by atoms with E-state index in [-0.39, 0.29) is 7.53 Å². The van der Waals surface area contributed by atoms with E-state index < -0.39 is 0 Å². The van der Waals surface area contributed by atoms with E-state index in [0.29, 0.717) is 12.6 Å². The van der Waals surface area contributed by atoms with Crippen LogP contribution in [0.2, 0.25) is 0 Å². The van der Waals surface area contributed by atoms with Crippen LogP contribution < -0.4 is 14.8 Å². The molecule has 0 aromatic heterocycles. The molecule has 1 aliphatic carbocycles. The van der Waals surface area contributed by atoms with E-state index in [1.54, 1.807) is 0 Å². The van der Waals surface area contributed by atoms with Gasteiger partial charge in [0, 0.05) is 14.0 Å². The quantitative estimate of drug-likeness (QED) is 0.702. The molecule has 0 radical (unpaired) electrons. The van der Waals surface area contributed by atoms with E-state index in [4.69, 9.17) is 9.47 Å². The summed E-state index contributed by atoms with van der Waals surface area (Å²) in [5, 5.41) is 3.71. The molecule has 3 heteroatoms. The van der Waals surface area contributed by atoms with Gasteiger partial charge in [-0.3, -0.25) is 0 Å². The van der Waals surface area contributed by atoms with Crippen molar-refractivity contribution in [2.24, 2.45) is 5.92 Å². The molecule has 1 fully saturated rings. The Morgan fingerprint density at radius 2 is 1.59 bits per heavy atom. The van der Waals surface area contributed by atoms with Crippen LogP contribution in [-0.4, -0.2) is 12.6 Å². The number of ether oxygens (including phenoxy) is 2. The normalized spacial score (nSPS) is 23.9. The highest BCUT2D eigenvalue weighted by Crippen LogP contribution is 2.35. The second-order valence-electron chi connectivity index (χ2n) is 7.44. The number of nitrogens with one attached hydrogen (secondary N) is 1. The lowest BCUT2D eigenvalue weighted by atomic mass is 9.87. The van der Waals surface area contributed by atoms with Crippen molar-refractivity contribution in [3.8, 4) is 11.5 Å². The summed E-state index contributed by atoms with van der Waals surface area (Å²) >= 11 is 0. The molecule has 2 aromatic carbocycles. The molecule has 1 heterocycles. The molecular weight excluding hydrogens is 334 g/mol. The first kappa shape index (κ1) is 19.8. The Hall–Kier alpha value is -2.00. The molecule has 2 aliphatic rings. The highest BCUT2D eigenvalue weighted by atomic mass is 16.6. The van der Waals surface area contributed by atoms with E-state index >= 15 is 0 Å². The molecule has 0 bridgehead atoms. The van der Waals surface area contributed by atoms with Crippen molar-refractivity contribution < 1.29 is 10.9 Å². The van der Waals surface area contributed by atoms with Gasteiger partial charge in [0.1, 0.15) is 6.61 Å². The Morgan fingerprint density at radius 1 is 0.926 bits per heavy atom. The number of fused-ring (bicyclic) bond motifs is 1. The fraction of sp³-hybridized carbons (Fsp3) is 0.500. The topological polar surface area (TPSA) is 30.5 Å². The maximum atomic E-state index is 6.08. The second-order valence-corrected chi connectivity index (χ2v) is 7.44. The summed E-state index contributed by atoms with van der Waals surface area (Å²) in [5.74, 6) is 2.57. The number of rotatable bonds is 4. The zero-order chi connectivity index (χ0) is 19.1. The summed E-state index contributed by atoms with van der Waals surface area (Å²) in [6.45, 7) is 7.88. The molecule has 148 valence electrons. The summed E-state index contributed by atoms with van der Waals surface area (Å²) < 4.78 is 11.9. The fourth-order valence-corrected chi connectivity index (χ4v) is 3.76. The van der Waals surface area contributed by atoms with Crippen molar-refractivity contribution in [1.82, 2.24) is 5.32 Å². The van der Waals surface area contributed by atoms with E-state index in [0.717, 1.165) is 24.0 Å². The molecule has 27 heavy (non-hydrogen) atoms. The maximum Gasteiger partial charge on any atom is 0.162 e. The number of hydrogen-bond acceptors (Lipinski definition) is 3. The van der Waals surface area contributed by atoms with Gasteiger partial charge in [0.05, 0.1) is 0 Å². The standard InChI is InChI=1S/C22H27NO2.C2H6.H2/c1-16-6-12-19(13-7-16)23-14-17-8-10-18(11-9-17)22-15-24-20-4-2-3-5-21(20)25-22;1-2;/h2-5,8-11,16,19,22-23H,6-7,12-15H2,1H3;1-2H3;1H/t16?,19?,22-;;/m1../s1. The van der Waals surface area contributed by atoms with Gasteiger partial charge in [-0.1, -0.05) is 57.2 Å². The maximum absolute atomic E-state index is 6.08. The lowest BCUT2D eigenvalue weighted by molar-refractivity contribution is 0.0913. The first-order chi connectivity index (χ1) is 13.3. The molecule has 1 N–H and O–H groups in total. The average Bonchev–Trinajstić information content (AvgIpc) is 2.75. The molecule has 0 spiro atoms. The molecule has 4 rings (SSSR count). The van der Waals surface area contributed by atoms with Gasteiger partial charge in [0.2, 0.25) is 0 Å². The van der Waals surface area contributed by atoms with Crippen molar-refractivity contribution in [1.29, 1.82) is 0 Å². The van der Waals surface area contributed by atoms with Crippen LogP contribution in [0.4, 0.5) is 0 Å². The minimum Gasteiger partial charge on any atom is -0.485 e. The second kappa shape index (κ2) is 9.80. The number of para-hydroxylation sites is 2. The van der Waals surface area contributed by atoms with Gasteiger partial charge in [-0.15, -0.1) is 0 Å². The third-order valence-electron chi connectivity index (χ3n) is 5.47.